The van der Waals surface area contributed by atoms with Gasteiger partial charge in [0.15, 0.2) is 0 Å². The van der Waals surface area contributed by atoms with Crippen molar-refractivity contribution in [2.45, 2.75) is 27.2 Å². The number of anilines is 1. The van der Waals surface area contributed by atoms with E-state index in [4.69, 9.17) is 0 Å². The monoisotopic (exact) mass is 374 g/mol. The summed E-state index contributed by atoms with van der Waals surface area (Å²) in [6.07, 6.45) is 2.07. The Kier molecular flexibility index (Phi) is 6.42. The number of hydrogen-bond acceptors (Lipinski definition) is 3. The molecule has 1 amide bonds. The molecular formula is C20H26N2O3S. The van der Waals surface area contributed by atoms with E-state index >= 15 is 0 Å². The predicted octanol–water partition coefficient (Wildman–Crippen LogP) is 3.06. The molecule has 2 aromatic rings. The molecule has 2 rings (SSSR count). The van der Waals surface area contributed by atoms with Crippen LogP contribution in [0.15, 0.2) is 42.5 Å². The molecule has 0 aliphatic carbocycles. The van der Waals surface area contributed by atoms with Crippen LogP contribution in [0.25, 0.3) is 0 Å². The zero-order valence-corrected chi connectivity index (χ0v) is 16.6. The van der Waals surface area contributed by atoms with Gasteiger partial charge in [0, 0.05) is 12.1 Å². The lowest BCUT2D eigenvalue weighted by Gasteiger charge is -2.23. The topological polar surface area (TPSA) is 66.5 Å². The maximum Gasteiger partial charge on any atom is 0.251 e. The number of carbonyl (C=O) groups is 1. The summed E-state index contributed by atoms with van der Waals surface area (Å²) in [4.78, 5) is 12.3. The molecule has 0 aromatic heterocycles. The van der Waals surface area contributed by atoms with Crippen LogP contribution in [0.5, 0.6) is 0 Å². The highest BCUT2D eigenvalue weighted by Crippen LogP contribution is 2.18. The Bertz CT molecular complexity index is 874. The fraction of sp³-hybridized carbons (Fsp3) is 0.350. The minimum absolute atomic E-state index is 0.181. The highest BCUT2D eigenvalue weighted by atomic mass is 32.2. The van der Waals surface area contributed by atoms with E-state index in [-0.39, 0.29) is 19.0 Å². The summed E-state index contributed by atoms with van der Waals surface area (Å²) < 4.78 is 25.6. The number of benzene rings is 2. The molecule has 0 radical (unpaired) electrons. The third-order valence-electron chi connectivity index (χ3n) is 4.40. The molecule has 0 unspecified atom stereocenters. The number of sulfonamides is 1. The van der Waals surface area contributed by atoms with E-state index in [9.17, 15) is 13.2 Å². The highest BCUT2D eigenvalue weighted by molar-refractivity contribution is 7.92. The van der Waals surface area contributed by atoms with Crippen LogP contribution in [0.3, 0.4) is 0 Å². The fourth-order valence-electron chi connectivity index (χ4n) is 2.64. The van der Waals surface area contributed by atoms with E-state index in [0.29, 0.717) is 11.3 Å². The Morgan fingerprint density at radius 1 is 1.04 bits per heavy atom. The molecule has 0 atom stereocenters. The molecule has 26 heavy (non-hydrogen) atoms. The van der Waals surface area contributed by atoms with Gasteiger partial charge in [0.25, 0.3) is 5.91 Å². The fourth-order valence-corrected chi connectivity index (χ4v) is 3.57. The minimum Gasteiger partial charge on any atom is -0.350 e. The molecule has 6 heteroatoms. The van der Waals surface area contributed by atoms with Gasteiger partial charge in [-0.25, -0.2) is 8.42 Å². The molecule has 0 saturated heterocycles. The van der Waals surface area contributed by atoms with Crippen LogP contribution in [-0.2, 0) is 16.4 Å². The van der Waals surface area contributed by atoms with Crippen LogP contribution in [0.1, 0.15) is 34.0 Å². The average molecular weight is 375 g/mol. The summed E-state index contributed by atoms with van der Waals surface area (Å²) in [5.74, 6) is -0.206. The van der Waals surface area contributed by atoms with Gasteiger partial charge >= 0.3 is 0 Å². The SMILES string of the molecule is CCc1ccc(N(CCNC(=O)c2ccc(C)c(C)c2)S(C)(=O)=O)cc1. The minimum atomic E-state index is -3.43. The molecule has 2 aromatic carbocycles. The van der Waals surface area contributed by atoms with Crippen molar-refractivity contribution in [3.05, 3.63) is 64.7 Å². The van der Waals surface area contributed by atoms with Gasteiger partial charge in [-0.05, 0) is 61.2 Å². The summed E-state index contributed by atoms with van der Waals surface area (Å²) in [6, 6.07) is 12.9. The second-order valence-electron chi connectivity index (χ2n) is 6.41. The van der Waals surface area contributed by atoms with E-state index in [2.05, 4.69) is 5.32 Å². The highest BCUT2D eigenvalue weighted by Gasteiger charge is 2.17. The Balaban J connectivity index is 2.05. The molecule has 0 aliphatic heterocycles. The molecule has 1 N–H and O–H groups in total. The second kappa shape index (κ2) is 8.36. The molecule has 5 nitrogen and oxygen atoms in total. The molecule has 0 aliphatic rings. The second-order valence-corrected chi connectivity index (χ2v) is 8.32. The van der Waals surface area contributed by atoms with Gasteiger partial charge in [-0.15, -0.1) is 0 Å². The first-order valence-electron chi connectivity index (χ1n) is 8.64. The van der Waals surface area contributed by atoms with E-state index in [1.165, 1.54) is 10.6 Å². The molecule has 0 fully saturated rings. The van der Waals surface area contributed by atoms with Gasteiger partial charge in [-0.1, -0.05) is 25.1 Å². The Hall–Kier alpha value is -2.34. The lowest BCUT2D eigenvalue weighted by atomic mass is 10.1. The van der Waals surface area contributed by atoms with Gasteiger partial charge in [0.1, 0.15) is 0 Å². The van der Waals surface area contributed by atoms with Crippen LogP contribution in [0, 0.1) is 13.8 Å². The first-order chi connectivity index (χ1) is 12.2. The molecule has 0 bridgehead atoms. The summed E-state index contributed by atoms with van der Waals surface area (Å²) in [7, 11) is -3.43. The van der Waals surface area contributed by atoms with E-state index in [1.807, 2.05) is 45.0 Å². The maximum atomic E-state index is 12.3. The lowest BCUT2D eigenvalue weighted by molar-refractivity contribution is 0.0954. The van der Waals surface area contributed by atoms with Crippen molar-refractivity contribution in [1.29, 1.82) is 0 Å². The van der Waals surface area contributed by atoms with Crippen molar-refractivity contribution in [1.82, 2.24) is 5.32 Å². The van der Waals surface area contributed by atoms with Gasteiger partial charge in [-0.3, -0.25) is 9.10 Å². The smallest absolute Gasteiger partial charge is 0.251 e. The summed E-state index contributed by atoms with van der Waals surface area (Å²) >= 11 is 0. The van der Waals surface area contributed by atoms with E-state index < -0.39 is 10.0 Å². The summed E-state index contributed by atoms with van der Waals surface area (Å²) in [5, 5.41) is 2.80. The third kappa shape index (κ3) is 5.08. The van der Waals surface area contributed by atoms with Crippen LogP contribution < -0.4 is 9.62 Å². The predicted molar refractivity (Wildman–Crippen MR) is 106 cm³/mol. The average Bonchev–Trinajstić information content (AvgIpc) is 2.60. The first-order valence-corrected chi connectivity index (χ1v) is 10.5. The zero-order valence-electron chi connectivity index (χ0n) is 15.7. The number of nitrogens with one attached hydrogen (secondary N) is 1. The molecular weight excluding hydrogens is 348 g/mol. The Morgan fingerprint density at radius 3 is 2.23 bits per heavy atom. The van der Waals surface area contributed by atoms with Crippen molar-refractivity contribution in [3.63, 3.8) is 0 Å². The number of nitrogens with zero attached hydrogens (tertiary/aromatic N) is 1. The molecule has 0 spiro atoms. The van der Waals surface area contributed by atoms with Gasteiger partial charge in [0.2, 0.25) is 10.0 Å². The maximum absolute atomic E-state index is 12.3. The van der Waals surface area contributed by atoms with Crippen molar-refractivity contribution >= 4 is 21.6 Å². The van der Waals surface area contributed by atoms with Gasteiger partial charge in [-0.2, -0.15) is 0 Å². The van der Waals surface area contributed by atoms with Crippen molar-refractivity contribution in [3.8, 4) is 0 Å². The molecule has 140 valence electrons. The number of aryl methyl sites for hydroxylation is 3. The molecule has 0 saturated carbocycles. The summed E-state index contributed by atoms with van der Waals surface area (Å²) in [5.41, 5.74) is 4.49. The zero-order chi connectivity index (χ0) is 19.3. The van der Waals surface area contributed by atoms with Crippen LogP contribution in [0.4, 0.5) is 5.69 Å². The van der Waals surface area contributed by atoms with E-state index in [0.717, 1.165) is 23.1 Å². The lowest BCUT2D eigenvalue weighted by Crippen LogP contribution is -2.38. The van der Waals surface area contributed by atoms with E-state index in [1.54, 1.807) is 18.2 Å². The Labute approximate surface area is 156 Å². The van der Waals surface area contributed by atoms with Crippen LogP contribution >= 0.6 is 0 Å². The number of rotatable bonds is 7. The first kappa shape index (κ1) is 20.0. The van der Waals surface area contributed by atoms with Crippen LogP contribution in [0.2, 0.25) is 0 Å². The Morgan fingerprint density at radius 2 is 1.69 bits per heavy atom. The van der Waals surface area contributed by atoms with Crippen molar-refractivity contribution in [2.75, 3.05) is 23.7 Å². The number of carbonyl (C=O) groups excluding carboxylic acids is 1. The normalized spacial score (nSPS) is 11.2. The standard InChI is InChI=1S/C20H26N2O3S/c1-5-17-7-10-19(11-8-17)22(26(4,24)25)13-12-21-20(23)18-9-6-15(2)16(3)14-18/h6-11,14H,5,12-13H2,1-4H3,(H,21,23). The van der Waals surface area contributed by atoms with Gasteiger partial charge < -0.3 is 5.32 Å². The van der Waals surface area contributed by atoms with Crippen molar-refractivity contribution in [2.24, 2.45) is 0 Å². The largest absolute Gasteiger partial charge is 0.350 e. The number of hydrogen-bond donors (Lipinski definition) is 1. The third-order valence-corrected chi connectivity index (χ3v) is 5.60. The van der Waals surface area contributed by atoms with Gasteiger partial charge in [0.05, 0.1) is 18.5 Å². The number of amides is 1. The summed E-state index contributed by atoms with van der Waals surface area (Å²) in [6.45, 7) is 6.41. The van der Waals surface area contributed by atoms with Crippen molar-refractivity contribution < 1.29 is 13.2 Å². The quantitative estimate of drug-likeness (QED) is 0.810. The molecule has 0 heterocycles. The van der Waals surface area contributed by atoms with Crippen LogP contribution in [-0.4, -0.2) is 33.7 Å².